The van der Waals surface area contributed by atoms with Crippen LogP contribution in [0.4, 0.5) is 0 Å². The number of aliphatic hydroxyl groups excluding tert-OH is 1. The van der Waals surface area contributed by atoms with Crippen LogP contribution in [0.1, 0.15) is 162 Å². The summed E-state index contributed by atoms with van der Waals surface area (Å²) in [5.74, 6) is -0.590. The van der Waals surface area contributed by atoms with E-state index in [1.807, 2.05) is 6.08 Å². The number of ether oxygens (including phenoxy) is 1. The molecule has 2 atom stereocenters. The standard InChI is InChI=1S/C44H76NO8P/c1-3-5-7-9-11-13-15-17-19-21-23-25-27-29-31-33-35-37-44(48)51-40-42(46)41-53-54(49,50)52-39-38-45-43(47)36-34-32-30-28-26-24-22-20-18-16-14-12-10-8-6-4-2/h5,7,11,13,17,19-20,22-23,25,29,31,42,46H,3-4,6,8-10,12,14-16,18,21,24,26-28,30,32-41H2,1-2H3,(H,45,47)(H,49,50)/b7-5-,13-11-,19-17-,22-20-,25-23-,31-29-. The van der Waals surface area contributed by atoms with Crippen molar-refractivity contribution in [2.45, 2.75) is 168 Å². The fourth-order valence-electron chi connectivity index (χ4n) is 5.23. The van der Waals surface area contributed by atoms with E-state index in [9.17, 15) is 24.2 Å². The van der Waals surface area contributed by atoms with Gasteiger partial charge < -0.3 is 20.1 Å². The maximum atomic E-state index is 12.1. The van der Waals surface area contributed by atoms with Gasteiger partial charge in [0.05, 0.1) is 13.2 Å². The van der Waals surface area contributed by atoms with Gasteiger partial charge in [-0.2, -0.15) is 0 Å². The maximum Gasteiger partial charge on any atom is 0.472 e. The van der Waals surface area contributed by atoms with Crippen LogP contribution in [0.3, 0.4) is 0 Å². The molecule has 0 fully saturated rings. The van der Waals surface area contributed by atoms with Crippen LogP contribution in [-0.4, -0.2) is 54.3 Å². The Morgan fingerprint density at radius 2 is 1.07 bits per heavy atom. The number of carbonyl (C=O) groups is 2. The fraction of sp³-hybridized carbons (Fsp3) is 0.682. The molecule has 54 heavy (non-hydrogen) atoms. The molecule has 0 aliphatic carbocycles. The Balaban J connectivity index is 3.71. The summed E-state index contributed by atoms with van der Waals surface area (Å²) in [4.78, 5) is 33.8. The number of nitrogens with one attached hydrogen (secondary N) is 1. The van der Waals surface area contributed by atoms with Crippen LogP contribution in [0.2, 0.25) is 0 Å². The molecule has 0 aromatic heterocycles. The number of aliphatic hydroxyl groups is 1. The average molecular weight is 778 g/mol. The number of phosphoric ester groups is 1. The van der Waals surface area contributed by atoms with Crippen LogP contribution in [0, 0.1) is 0 Å². The van der Waals surface area contributed by atoms with Crippen LogP contribution >= 0.6 is 7.82 Å². The summed E-state index contributed by atoms with van der Waals surface area (Å²) < 4.78 is 26.8. The van der Waals surface area contributed by atoms with Gasteiger partial charge in [0.25, 0.3) is 0 Å². The van der Waals surface area contributed by atoms with Crippen molar-refractivity contribution in [1.29, 1.82) is 0 Å². The lowest BCUT2D eigenvalue weighted by molar-refractivity contribution is -0.147. The molecular formula is C44H76NO8P. The van der Waals surface area contributed by atoms with Gasteiger partial charge in [-0.15, -0.1) is 0 Å². The molecule has 1 amide bonds. The molecule has 310 valence electrons. The third-order valence-electron chi connectivity index (χ3n) is 8.37. The number of esters is 1. The molecule has 0 heterocycles. The highest BCUT2D eigenvalue weighted by molar-refractivity contribution is 7.47. The van der Waals surface area contributed by atoms with E-state index in [0.29, 0.717) is 12.8 Å². The monoisotopic (exact) mass is 778 g/mol. The summed E-state index contributed by atoms with van der Waals surface area (Å²) in [5, 5.41) is 12.7. The smallest absolute Gasteiger partial charge is 0.463 e. The molecule has 0 rings (SSSR count). The Bertz CT molecular complexity index is 1110. The second-order valence-corrected chi connectivity index (χ2v) is 15.0. The molecule has 10 heteroatoms. The SMILES string of the molecule is CC/C=C\C/C=C\C/C=C\C/C=C\C/C=C\CCCC(=O)OCC(O)COP(=O)(O)OCCNC(=O)CCCCCCC/C=C\CCCCCCCCC. The zero-order chi connectivity index (χ0) is 39.6. The number of carbonyl (C=O) groups excluding carboxylic acids is 2. The highest BCUT2D eigenvalue weighted by atomic mass is 31.2. The molecule has 0 radical (unpaired) electrons. The molecule has 0 aromatic rings. The zero-order valence-corrected chi connectivity index (χ0v) is 34.8. The topological polar surface area (TPSA) is 131 Å². The van der Waals surface area contributed by atoms with Crippen molar-refractivity contribution in [3.8, 4) is 0 Å². The Morgan fingerprint density at radius 1 is 0.593 bits per heavy atom. The summed E-state index contributed by atoms with van der Waals surface area (Å²) in [6.45, 7) is 3.35. The summed E-state index contributed by atoms with van der Waals surface area (Å²) in [6, 6.07) is 0. The number of unbranched alkanes of at least 4 members (excludes halogenated alkanes) is 13. The number of rotatable bonds is 38. The summed E-state index contributed by atoms with van der Waals surface area (Å²) in [7, 11) is -4.43. The maximum absolute atomic E-state index is 12.1. The second-order valence-electron chi connectivity index (χ2n) is 13.6. The van der Waals surface area contributed by atoms with Crippen molar-refractivity contribution in [1.82, 2.24) is 5.32 Å². The van der Waals surface area contributed by atoms with Gasteiger partial charge in [-0.3, -0.25) is 18.6 Å². The fourth-order valence-corrected chi connectivity index (χ4v) is 5.99. The van der Waals surface area contributed by atoms with Crippen molar-refractivity contribution in [2.75, 3.05) is 26.4 Å². The molecule has 0 spiro atoms. The van der Waals surface area contributed by atoms with E-state index in [1.54, 1.807) is 0 Å². The molecule has 2 unspecified atom stereocenters. The van der Waals surface area contributed by atoms with E-state index in [-0.39, 0.29) is 32.1 Å². The first-order valence-electron chi connectivity index (χ1n) is 20.9. The van der Waals surface area contributed by atoms with Gasteiger partial charge in [0, 0.05) is 19.4 Å². The first-order valence-corrected chi connectivity index (χ1v) is 22.4. The van der Waals surface area contributed by atoms with E-state index < -0.39 is 26.5 Å². The van der Waals surface area contributed by atoms with Gasteiger partial charge in [0.1, 0.15) is 12.7 Å². The normalized spacial score (nSPS) is 14.1. The van der Waals surface area contributed by atoms with Gasteiger partial charge in [-0.05, 0) is 77.0 Å². The van der Waals surface area contributed by atoms with Gasteiger partial charge in [0.15, 0.2) is 0 Å². The van der Waals surface area contributed by atoms with Gasteiger partial charge in [-0.25, -0.2) is 4.57 Å². The predicted octanol–water partition coefficient (Wildman–Crippen LogP) is 11.5. The largest absolute Gasteiger partial charge is 0.472 e. The Kier molecular flexibility index (Phi) is 38.2. The minimum atomic E-state index is -4.43. The summed E-state index contributed by atoms with van der Waals surface area (Å²) in [5.41, 5.74) is 0. The van der Waals surface area contributed by atoms with Gasteiger partial charge in [0.2, 0.25) is 5.91 Å². The summed E-state index contributed by atoms with van der Waals surface area (Å²) >= 11 is 0. The van der Waals surface area contributed by atoms with E-state index in [0.717, 1.165) is 70.6 Å². The highest BCUT2D eigenvalue weighted by Crippen LogP contribution is 2.42. The molecule has 0 aromatic carbocycles. The molecule has 0 saturated carbocycles. The van der Waals surface area contributed by atoms with E-state index in [2.05, 4.69) is 86.0 Å². The third-order valence-corrected chi connectivity index (χ3v) is 9.35. The van der Waals surface area contributed by atoms with Crippen LogP contribution in [0.5, 0.6) is 0 Å². The van der Waals surface area contributed by atoms with Crippen LogP contribution in [0.25, 0.3) is 0 Å². The molecular weight excluding hydrogens is 701 g/mol. The van der Waals surface area contributed by atoms with Crippen molar-refractivity contribution in [3.63, 3.8) is 0 Å². The average Bonchev–Trinajstić information content (AvgIpc) is 3.16. The lowest BCUT2D eigenvalue weighted by Gasteiger charge is -2.15. The third kappa shape index (κ3) is 40.6. The van der Waals surface area contributed by atoms with Crippen molar-refractivity contribution in [3.05, 3.63) is 72.9 Å². The first kappa shape index (κ1) is 51.5. The van der Waals surface area contributed by atoms with E-state index >= 15 is 0 Å². The lowest BCUT2D eigenvalue weighted by Crippen LogP contribution is -2.27. The predicted molar refractivity (Wildman–Crippen MR) is 224 cm³/mol. The van der Waals surface area contributed by atoms with Crippen LogP contribution in [-0.2, 0) is 27.9 Å². The molecule has 9 nitrogen and oxygen atoms in total. The van der Waals surface area contributed by atoms with E-state index in [4.69, 9.17) is 13.8 Å². The minimum absolute atomic E-state index is 0.0672. The minimum Gasteiger partial charge on any atom is -0.463 e. The quantitative estimate of drug-likeness (QED) is 0.0244. The first-order chi connectivity index (χ1) is 26.3. The highest BCUT2D eigenvalue weighted by Gasteiger charge is 2.23. The van der Waals surface area contributed by atoms with Gasteiger partial charge in [-0.1, -0.05) is 145 Å². The number of amides is 1. The summed E-state index contributed by atoms with van der Waals surface area (Å²) in [6.07, 6.45) is 48.4. The molecule has 0 saturated heterocycles. The van der Waals surface area contributed by atoms with Gasteiger partial charge >= 0.3 is 13.8 Å². The Hall–Kier alpha value is -2.55. The molecule has 3 N–H and O–H groups in total. The van der Waals surface area contributed by atoms with Crippen molar-refractivity contribution < 1.29 is 37.9 Å². The second kappa shape index (κ2) is 40.1. The molecule has 0 aliphatic heterocycles. The lowest BCUT2D eigenvalue weighted by atomic mass is 10.1. The Morgan fingerprint density at radius 3 is 1.65 bits per heavy atom. The van der Waals surface area contributed by atoms with E-state index in [1.165, 1.54) is 57.8 Å². The Labute approximate surface area is 329 Å². The number of hydrogen-bond donors (Lipinski definition) is 3. The number of hydrogen-bond acceptors (Lipinski definition) is 7. The van der Waals surface area contributed by atoms with Crippen LogP contribution in [0.15, 0.2) is 72.9 Å². The van der Waals surface area contributed by atoms with Crippen LogP contribution < -0.4 is 5.32 Å². The molecule has 0 aliphatic rings. The van der Waals surface area contributed by atoms with Crippen molar-refractivity contribution in [2.24, 2.45) is 0 Å². The molecule has 0 bridgehead atoms. The zero-order valence-electron chi connectivity index (χ0n) is 33.9. The van der Waals surface area contributed by atoms with Crippen molar-refractivity contribution >= 4 is 19.7 Å². The number of phosphoric acid groups is 1. The number of allylic oxidation sites excluding steroid dienone is 12.